The SMILES string of the molecule is COC(=O)c1cccc(C(N=[N+]=[N-])c2ccccc2)c1. The van der Waals surface area contributed by atoms with Crippen LogP contribution in [0.4, 0.5) is 0 Å². The molecule has 0 N–H and O–H groups in total. The fraction of sp³-hybridized carbons (Fsp3) is 0.133. The van der Waals surface area contributed by atoms with Crippen molar-refractivity contribution in [1.29, 1.82) is 0 Å². The zero-order valence-electron chi connectivity index (χ0n) is 10.9. The third-order valence-corrected chi connectivity index (χ3v) is 2.91. The van der Waals surface area contributed by atoms with Crippen molar-refractivity contribution in [2.24, 2.45) is 5.11 Å². The second-order valence-corrected chi connectivity index (χ2v) is 4.14. The molecule has 20 heavy (non-hydrogen) atoms. The number of ether oxygens (including phenoxy) is 1. The maximum absolute atomic E-state index is 11.6. The number of azide groups is 1. The van der Waals surface area contributed by atoms with Gasteiger partial charge in [0.25, 0.3) is 0 Å². The summed E-state index contributed by atoms with van der Waals surface area (Å²) in [6, 6.07) is 15.8. The summed E-state index contributed by atoms with van der Waals surface area (Å²) < 4.78 is 4.69. The van der Waals surface area contributed by atoms with E-state index in [9.17, 15) is 4.79 Å². The summed E-state index contributed by atoms with van der Waals surface area (Å²) in [5, 5.41) is 3.82. The predicted molar refractivity (Wildman–Crippen MR) is 75.2 cm³/mol. The van der Waals surface area contributed by atoms with Gasteiger partial charge < -0.3 is 4.74 Å². The Labute approximate surface area is 116 Å². The van der Waals surface area contributed by atoms with Gasteiger partial charge in [0.2, 0.25) is 0 Å². The Morgan fingerprint density at radius 1 is 1.15 bits per heavy atom. The Balaban J connectivity index is 2.45. The summed E-state index contributed by atoms with van der Waals surface area (Å²) >= 11 is 0. The third-order valence-electron chi connectivity index (χ3n) is 2.91. The van der Waals surface area contributed by atoms with Crippen LogP contribution in [0.25, 0.3) is 10.4 Å². The van der Waals surface area contributed by atoms with E-state index in [1.165, 1.54) is 7.11 Å². The maximum Gasteiger partial charge on any atom is 0.337 e. The highest BCUT2D eigenvalue weighted by atomic mass is 16.5. The van der Waals surface area contributed by atoms with Gasteiger partial charge in [0.15, 0.2) is 0 Å². The molecule has 5 nitrogen and oxygen atoms in total. The van der Waals surface area contributed by atoms with Crippen molar-refractivity contribution in [3.8, 4) is 0 Å². The second kappa shape index (κ2) is 6.41. The number of carbonyl (C=O) groups excluding carboxylic acids is 1. The molecule has 0 fully saturated rings. The van der Waals surface area contributed by atoms with E-state index in [0.717, 1.165) is 11.1 Å². The van der Waals surface area contributed by atoms with E-state index in [1.807, 2.05) is 36.4 Å². The topological polar surface area (TPSA) is 75.1 Å². The number of carbonyl (C=O) groups is 1. The fourth-order valence-corrected chi connectivity index (χ4v) is 1.97. The molecule has 0 aliphatic carbocycles. The molecule has 0 bridgehead atoms. The van der Waals surface area contributed by atoms with E-state index in [-0.39, 0.29) is 0 Å². The summed E-state index contributed by atoms with van der Waals surface area (Å²) in [4.78, 5) is 14.4. The number of rotatable bonds is 4. The maximum atomic E-state index is 11.6. The first-order valence-electron chi connectivity index (χ1n) is 6.03. The van der Waals surface area contributed by atoms with Crippen molar-refractivity contribution in [2.75, 3.05) is 7.11 Å². The summed E-state index contributed by atoms with van der Waals surface area (Å²) in [6.45, 7) is 0. The lowest BCUT2D eigenvalue weighted by Crippen LogP contribution is -2.04. The Morgan fingerprint density at radius 3 is 2.50 bits per heavy atom. The van der Waals surface area contributed by atoms with Crippen LogP contribution in [0.5, 0.6) is 0 Å². The first kappa shape index (κ1) is 13.6. The number of hydrogen-bond acceptors (Lipinski definition) is 3. The molecule has 0 radical (unpaired) electrons. The van der Waals surface area contributed by atoms with Crippen molar-refractivity contribution < 1.29 is 9.53 Å². The van der Waals surface area contributed by atoms with Crippen LogP contribution in [0.3, 0.4) is 0 Å². The highest BCUT2D eigenvalue weighted by molar-refractivity contribution is 5.89. The molecule has 0 aliphatic rings. The van der Waals surface area contributed by atoms with Gasteiger partial charge in [-0.15, -0.1) is 0 Å². The largest absolute Gasteiger partial charge is 0.465 e. The smallest absolute Gasteiger partial charge is 0.337 e. The van der Waals surface area contributed by atoms with Gasteiger partial charge in [0, 0.05) is 4.91 Å². The minimum Gasteiger partial charge on any atom is -0.465 e. The lowest BCUT2D eigenvalue weighted by molar-refractivity contribution is 0.0600. The molecular weight excluding hydrogens is 254 g/mol. The van der Waals surface area contributed by atoms with E-state index >= 15 is 0 Å². The molecule has 2 rings (SSSR count). The molecule has 0 heterocycles. The minimum atomic E-state index is -0.467. The van der Waals surface area contributed by atoms with Crippen LogP contribution >= 0.6 is 0 Å². The Bertz CT molecular complexity index is 649. The Kier molecular flexibility index (Phi) is 4.37. The van der Waals surface area contributed by atoms with Crippen LogP contribution in [0, 0.1) is 0 Å². The Morgan fingerprint density at radius 2 is 1.85 bits per heavy atom. The van der Waals surface area contributed by atoms with Crippen molar-refractivity contribution in [3.63, 3.8) is 0 Å². The van der Waals surface area contributed by atoms with Gasteiger partial charge in [-0.1, -0.05) is 47.6 Å². The number of benzene rings is 2. The molecule has 1 atom stereocenters. The van der Waals surface area contributed by atoms with Gasteiger partial charge in [-0.3, -0.25) is 0 Å². The zero-order chi connectivity index (χ0) is 14.4. The molecule has 1 unspecified atom stereocenters. The van der Waals surface area contributed by atoms with Crippen LogP contribution < -0.4 is 0 Å². The van der Waals surface area contributed by atoms with Crippen LogP contribution in [0.15, 0.2) is 59.7 Å². The molecule has 0 saturated carbocycles. The summed E-state index contributed by atoms with van der Waals surface area (Å²) in [5.41, 5.74) is 10.8. The average Bonchev–Trinajstić information content (AvgIpc) is 2.52. The van der Waals surface area contributed by atoms with Crippen LogP contribution in [-0.2, 0) is 4.74 Å². The quantitative estimate of drug-likeness (QED) is 0.365. The van der Waals surface area contributed by atoms with Crippen LogP contribution in [0.2, 0.25) is 0 Å². The number of esters is 1. The first-order valence-corrected chi connectivity index (χ1v) is 6.03. The lowest BCUT2D eigenvalue weighted by atomic mass is 9.98. The zero-order valence-corrected chi connectivity index (χ0v) is 10.9. The van der Waals surface area contributed by atoms with Crippen LogP contribution in [0.1, 0.15) is 27.5 Å². The van der Waals surface area contributed by atoms with Crippen molar-refractivity contribution in [3.05, 3.63) is 81.7 Å². The number of nitrogens with zero attached hydrogens (tertiary/aromatic N) is 3. The van der Waals surface area contributed by atoms with Gasteiger partial charge in [0.1, 0.15) is 0 Å². The van der Waals surface area contributed by atoms with E-state index in [0.29, 0.717) is 5.56 Å². The average molecular weight is 267 g/mol. The number of hydrogen-bond donors (Lipinski definition) is 0. The molecule has 2 aromatic carbocycles. The predicted octanol–water partition coefficient (Wildman–Crippen LogP) is 3.87. The lowest BCUT2D eigenvalue weighted by Gasteiger charge is -2.12. The van der Waals surface area contributed by atoms with Crippen molar-refractivity contribution in [2.45, 2.75) is 6.04 Å². The van der Waals surface area contributed by atoms with Gasteiger partial charge >= 0.3 is 5.97 Å². The molecular formula is C15H13N3O2. The molecule has 5 heteroatoms. The second-order valence-electron chi connectivity index (χ2n) is 4.14. The Hall–Kier alpha value is -2.78. The highest BCUT2D eigenvalue weighted by Gasteiger charge is 2.14. The van der Waals surface area contributed by atoms with E-state index in [2.05, 4.69) is 10.0 Å². The van der Waals surface area contributed by atoms with Gasteiger partial charge in [0.05, 0.1) is 18.7 Å². The van der Waals surface area contributed by atoms with E-state index < -0.39 is 12.0 Å². The normalized spacial score (nSPS) is 11.2. The first-order chi connectivity index (χ1) is 9.76. The molecule has 0 aliphatic heterocycles. The van der Waals surface area contributed by atoms with Crippen molar-refractivity contribution in [1.82, 2.24) is 0 Å². The summed E-state index contributed by atoms with van der Waals surface area (Å²) in [5.74, 6) is -0.417. The minimum absolute atomic E-state index is 0.417. The standard InChI is InChI=1S/C15H13N3O2/c1-20-15(19)13-9-5-8-12(10-13)14(17-18-16)11-6-3-2-4-7-11/h2-10,14H,1H3. The monoisotopic (exact) mass is 267 g/mol. The van der Waals surface area contributed by atoms with E-state index in [4.69, 9.17) is 10.3 Å². The fourth-order valence-electron chi connectivity index (χ4n) is 1.97. The molecule has 0 spiro atoms. The van der Waals surface area contributed by atoms with Gasteiger partial charge in [-0.2, -0.15) is 0 Å². The molecule has 0 saturated heterocycles. The van der Waals surface area contributed by atoms with Crippen LogP contribution in [-0.4, -0.2) is 13.1 Å². The van der Waals surface area contributed by atoms with Gasteiger partial charge in [-0.05, 0) is 28.8 Å². The molecule has 2 aromatic rings. The highest BCUT2D eigenvalue weighted by Crippen LogP contribution is 2.26. The molecule has 100 valence electrons. The van der Waals surface area contributed by atoms with Gasteiger partial charge in [-0.25, -0.2) is 4.79 Å². The third kappa shape index (κ3) is 2.96. The summed E-state index contributed by atoms with van der Waals surface area (Å²) in [6.07, 6.45) is 0. The molecule has 0 amide bonds. The van der Waals surface area contributed by atoms with E-state index in [1.54, 1.807) is 18.2 Å². The summed E-state index contributed by atoms with van der Waals surface area (Å²) in [7, 11) is 1.33. The van der Waals surface area contributed by atoms with Crippen molar-refractivity contribution >= 4 is 5.97 Å². The molecule has 0 aromatic heterocycles. The number of methoxy groups -OCH3 is 1.